The van der Waals surface area contributed by atoms with Gasteiger partial charge < -0.3 is 19.9 Å². The van der Waals surface area contributed by atoms with Gasteiger partial charge in [0.05, 0.1) is 37.5 Å². The number of aromatic carboxylic acids is 1. The molecule has 0 fully saturated rings. The molecular formula is C17H25NO5. The molecule has 0 saturated heterocycles. The Hall–Kier alpha value is -2.08. The molecular weight excluding hydrogens is 298 g/mol. The highest BCUT2D eigenvalue weighted by Gasteiger charge is 2.12. The molecule has 0 heterocycles. The molecule has 0 aliphatic rings. The zero-order chi connectivity index (χ0) is 17.4. The summed E-state index contributed by atoms with van der Waals surface area (Å²) in [4.78, 5) is 22.9. The lowest BCUT2D eigenvalue weighted by molar-refractivity contribution is -0.117. The Bertz CT molecular complexity index is 542. The molecule has 0 bridgehead atoms. The summed E-state index contributed by atoms with van der Waals surface area (Å²) in [5.74, 6) is -0.389. The van der Waals surface area contributed by atoms with Crippen molar-refractivity contribution in [3.8, 4) is 5.75 Å². The fraction of sp³-hybridized carbons (Fsp3) is 0.529. The van der Waals surface area contributed by atoms with Crippen LogP contribution in [0.3, 0.4) is 0 Å². The van der Waals surface area contributed by atoms with E-state index in [1.807, 2.05) is 6.92 Å². The Balaban J connectivity index is 2.52. The van der Waals surface area contributed by atoms with Gasteiger partial charge in [0.1, 0.15) is 5.75 Å². The fourth-order valence-electron chi connectivity index (χ4n) is 2.22. The van der Waals surface area contributed by atoms with Crippen molar-refractivity contribution in [3.63, 3.8) is 0 Å². The number of ether oxygens (including phenoxy) is 2. The van der Waals surface area contributed by atoms with Crippen molar-refractivity contribution >= 4 is 17.6 Å². The molecule has 0 aliphatic heterocycles. The van der Waals surface area contributed by atoms with Crippen LogP contribution >= 0.6 is 0 Å². The number of hydrogen-bond donors (Lipinski definition) is 2. The first-order valence-corrected chi connectivity index (χ1v) is 7.66. The number of carboxylic acid groups (broad SMARTS) is 1. The number of carbonyl (C=O) groups is 2. The summed E-state index contributed by atoms with van der Waals surface area (Å²) in [5, 5.41) is 11.7. The summed E-state index contributed by atoms with van der Waals surface area (Å²) in [7, 11) is 1.42. The number of rotatable bonds is 9. The van der Waals surface area contributed by atoms with Gasteiger partial charge in [-0.3, -0.25) is 4.79 Å². The highest BCUT2D eigenvalue weighted by Crippen LogP contribution is 2.25. The standard InChI is InChI=1S/C17H25NO5/c1-11(2)9-12(3)23-8-7-16(19)18-14-6-5-13(17(20)21)10-15(14)22-4/h5-6,10-12H,7-9H2,1-4H3,(H,18,19)(H,20,21). The minimum Gasteiger partial charge on any atom is -0.495 e. The van der Waals surface area contributed by atoms with Gasteiger partial charge in [-0.05, 0) is 37.5 Å². The molecule has 0 spiro atoms. The van der Waals surface area contributed by atoms with Crippen LogP contribution in [0, 0.1) is 5.92 Å². The van der Waals surface area contributed by atoms with E-state index in [1.165, 1.54) is 25.3 Å². The van der Waals surface area contributed by atoms with Crippen molar-refractivity contribution in [2.45, 2.75) is 39.7 Å². The van der Waals surface area contributed by atoms with Crippen LogP contribution in [-0.4, -0.2) is 36.8 Å². The first-order valence-electron chi connectivity index (χ1n) is 7.66. The monoisotopic (exact) mass is 323 g/mol. The van der Waals surface area contributed by atoms with Gasteiger partial charge in [-0.25, -0.2) is 4.79 Å². The Labute approximate surface area is 136 Å². The van der Waals surface area contributed by atoms with Gasteiger partial charge in [-0.15, -0.1) is 0 Å². The molecule has 128 valence electrons. The summed E-state index contributed by atoms with van der Waals surface area (Å²) in [6, 6.07) is 4.31. The Kier molecular flexibility index (Phi) is 7.54. The minimum absolute atomic E-state index is 0.102. The maximum atomic E-state index is 11.9. The molecule has 0 saturated carbocycles. The van der Waals surface area contributed by atoms with Gasteiger partial charge in [0.2, 0.25) is 5.91 Å². The highest BCUT2D eigenvalue weighted by atomic mass is 16.5. The van der Waals surface area contributed by atoms with Crippen LogP contribution in [0.5, 0.6) is 5.75 Å². The molecule has 1 unspecified atom stereocenters. The van der Waals surface area contributed by atoms with Crippen LogP contribution in [0.1, 0.15) is 44.0 Å². The lowest BCUT2D eigenvalue weighted by atomic mass is 10.1. The highest BCUT2D eigenvalue weighted by molar-refractivity contribution is 5.94. The van der Waals surface area contributed by atoms with E-state index in [0.29, 0.717) is 24.0 Å². The smallest absolute Gasteiger partial charge is 0.335 e. The SMILES string of the molecule is COc1cc(C(=O)O)ccc1NC(=O)CCOC(C)CC(C)C. The molecule has 6 heteroatoms. The van der Waals surface area contributed by atoms with E-state index in [4.69, 9.17) is 14.6 Å². The van der Waals surface area contributed by atoms with Crippen molar-refractivity contribution in [1.29, 1.82) is 0 Å². The number of amides is 1. The van der Waals surface area contributed by atoms with Crippen LogP contribution < -0.4 is 10.1 Å². The minimum atomic E-state index is -1.05. The molecule has 23 heavy (non-hydrogen) atoms. The predicted octanol–water partition coefficient (Wildman–Crippen LogP) is 3.17. The predicted molar refractivity (Wildman–Crippen MR) is 88.1 cm³/mol. The van der Waals surface area contributed by atoms with E-state index in [-0.39, 0.29) is 24.0 Å². The second-order valence-electron chi connectivity index (χ2n) is 5.83. The van der Waals surface area contributed by atoms with Gasteiger partial charge >= 0.3 is 5.97 Å². The Morgan fingerprint density at radius 2 is 1.96 bits per heavy atom. The number of methoxy groups -OCH3 is 1. The maximum absolute atomic E-state index is 11.9. The van der Waals surface area contributed by atoms with E-state index < -0.39 is 5.97 Å². The first kappa shape index (κ1) is 19.0. The Morgan fingerprint density at radius 1 is 1.26 bits per heavy atom. The molecule has 1 aromatic rings. The summed E-state index contributed by atoms with van der Waals surface area (Å²) >= 11 is 0. The quantitative estimate of drug-likeness (QED) is 0.729. The number of hydrogen-bond acceptors (Lipinski definition) is 4. The van der Waals surface area contributed by atoms with Crippen LogP contribution in [0.4, 0.5) is 5.69 Å². The zero-order valence-corrected chi connectivity index (χ0v) is 14.1. The van der Waals surface area contributed by atoms with E-state index in [2.05, 4.69) is 19.2 Å². The van der Waals surface area contributed by atoms with Crippen LogP contribution in [0.25, 0.3) is 0 Å². The molecule has 6 nitrogen and oxygen atoms in total. The van der Waals surface area contributed by atoms with Gasteiger partial charge in [0.15, 0.2) is 0 Å². The number of nitrogens with one attached hydrogen (secondary N) is 1. The van der Waals surface area contributed by atoms with Crippen molar-refractivity contribution < 1.29 is 24.2 Å². The largest absolute Gasteiger partial charge is 0.495 e. The van der Waals surface area contributed by atoms with E-state index in [9.17, 15) is 9.59 Å². The number of anilines is 1. The van der Waals surface area contributed by atoms with E-state index in [1.54, 1.807) is 0 Å². The third-order valence-corrected chi connectivity index (χ3v) is 3.26. The van der Waals surface area contributed by atoms with Gasteiger partial charge in [-0.1, -0.05) is 13.8 Å². The number of carboxylic acids is 1. The molecule has 1 atom stereocenters. The molecule has 0 aliphatic carbocycles. The van der Waals surface area contributed by atoms with Gasteiger partial charge in [0.25, 0.3) is 0 Å². The fourth-order valence-corrected chi connectivity index (χ4v) is 2.22. The normalized spacial score (nSPS) is 12.0. The third kappa shape index (κ3) is 6.69. The summed E-state index contributed by atoms with van der Waals surface area (Å²) in [6.07, 6.45) is 1.30. The molecule has 0 aromatic heterocycles. The van der Waals surface area contributed by atoms with E-state index in [0.717, 1.165) is 6.42 Å². The lowest BCUT2D eigenvalue weighted by Crippen LogP contribution is -2.18. The van der Waals surface area contributed by atoms with Gasteiger partial charge in [-0.2, -0.15) is 0 Å². The Morgan fingerprint density at radius 3 is 2.52 bits per heavy atom. The second-order valence-corrected chi connectivity index (χ2v) is 5.83. The van der Waals surface area contributed by atoms with Crippen LogP contribution in [-0.2, 0) is 9.53 Å². The lowest BCUT2D eigenvalue weighted by Gasteiger charge is -2.15. The molecule has 1 aromatic carbocycles. The number of carbonyl (C=O) groups excluding carboxylic acids is 1. The van der Waals surface area contributed by atoms with Crippen LogP contribution in [0.15, 0.2) is 18.2 Å². The van der Waals surface area contributed by atoms with Crippen molar-refractivity contribution in [3.05, 3.63) is 23.8 Å². The topological polar surface area (TPSA) is 84.9 Å². The second kappa shape index (κ2) is 9.15. The number of benzene rings is 1. The summed E-state index contributed by atoms with van der Waals surface area (Å²) in [5.41, 5.74) is 0.545. The third-order valence-electron chi connectivity index (χ3n) is 3.26. The molecule has 2 N–H and O–H groups in total. The average molecular weight is 323 g/mol. The zero-order valence-electron chi connectivity index (χ0n) is 14.1. The van der Waals surface area contributed by atoms with Crippen LogP contribution in [0.2, 0.25) is 0 Å². The molecule has 0 radical (unpaired) electrons. The van der Waals surface area contributed by atoms with Crippen molar-refractivity contribution in [2.24, 2.45) is 5.92 Å². The molecule has 1 amide bonds. The molecule has 1 rings (SSSR count). The van der Waals surface area contributed by atoms with Crippen molar-refractivity contribution in [1.82, 2.24) is 0 Å². The average Bonchev–Trinajstić information content (AvgIpc) is 2.46. The van der Waals surface area contributed by atoms with Gasteiger partial charge in [0, 0.05) is 0 Å². The summed E-state index contributed by atoms with van der Waals surface area (Å²) < 4.78 is 10.7. The first-order chi connectivity index (χ1) is 10.8. The van der Waals surface area contributed by atoms with Crippen molar-refractivity contribution in [2.75, 3.05) is 19.0 Å². The van der Waals surface area contributed by atoms with E-state index >= 15 is 0 Å². The maximum Gasteiger partial charge on any atom is 0.335 e. The summed E-state index contributed by atoms with van der Waals surface area (Å²) in [6.45, 7) is 6.58.